The molecule has 1 atom stereocenters. The maximum Gasteiger partial charge on any atom is 0.137 e. The summed E-state index contributed by atoms with van der Waals surface area (Å²) in [6.07, 6.45) is 3.65. The highest BCUT2D eigenvalue weighted by atomic mass is 79.9. The second-order valence-electron chi connectivity index (χ2n) is 3.78. The van der Waals surface area contributed by atoms with Gasteiger partial charge in [0.25, 0.3) is 0 Å². The smallest absolute Gasteiger partial charge is 0.137 e. The number of aromatic nitrogens is 2. The molecule has 0 bridgehead atoms. The van der Waals surface area contributed by atoms with Crippen LogP contribution < -0.4 is 5.73 Å². The molecule has 3 nitrogen and oxygen atoms in total. The SMILES string of the molecule is CCn1cc(C(N)c2ccc(F)c(Br)c2)cn1. The Morgan fingerprint density at radius 2 is 2.24 bits per heavy atom. The van der Waals surface area contributed by atoms with Crippen molar-refractivity contribution in [2.45, 2.75) is 19.5 Å². The number of nitrogens with two attached hydrogens (primary N) is 1. The van der Waals surface area contributed by atoms with Crippen LogP contribution in [0, 0.1) is 5.82 Å². The van der Waals surface area contributed by atoms with Gasteiger partial charge in [0.15, 0.2) is 0 Å². The lowest BCUT2D eigenvalue weighted by Gasteiger charge is -2.10. The Morgan fingerprint density at radius 3 is 2.82 bits per heavy atom. The Labute approximate surface area is 108 Å². The lowest BCUT2D eigenvalue weighted by molar-refractivity contribution is 0.619. The Kier molecular flexibility index (Phi) is 3.59. The van der Waals surface area contributed by atoms with E-state index in [4.69, 9.17) is 5.73 Å². The van der Waals surface area contributed by atoms with Crippen molar-refractivity contribution in [1.82, 2.24) is 9.78 Å². The zero-order valence-electron chi connectivity index (χ0n) is 9.40. The molecule has 0 fully saturated rings. The third-order valence-corrected chi connectivity index (χ3v) is 3.25. The van der Waals surface area contributed by atoms with Crippen LogP contribution in [0.1, 0.15) is 24.1 Å². The average Bonchev–Trinajstić information content (AvgIpc) is 2.80. The topological polar surface area (TPSA) is 43.8 Å². The van der Waals surface area contributed by atoms with E-state index in [0.29, 0.717) is 4.47 Å². The van der Waals surface area contributed by atoms with Crippen molar-refractivity contribution < 1.29 is 4.39 Å². The zero-order chi connectivity index (χ0) is 12.4. The molecule has 2 rings (SSSR count). The third kappa shape index (κ3) is 2.56. The summed E-state index contributed by atoms with van der Waals surface area (Å²) in [5.41, 5.74) is 7.88. The van der Waals surface area contributed by atoms with E-state index >= 15 is 0 Å². The van der Waals surface area contributed by atoms with Crippen LogP contribution in [0.5, 0.6) is 0 Å². The number of hydrogen-bond donors (Lipinski definition) is 1. The van der Waals surface area contributed by atoms with E-state index in [1.54, 1.807) is 18.3 Å². The minimum absolute atomic E-state index is 0.285. The van der Waals surface area contributed by atoms with Crippen molar-refractivity contribution in [2.24, 2.45) is 5.73 Å². The van der Waals surface area contributed by atoms with Gasteiger partial charge in [-0.05, 0) is 40.5 Å². The highest BCUT2D eigenvalue weighted by molar-refractivity contribution is 9.10. The first-order valence-corrected chi connectivity index (χ1v) is 6.14. The molecule has 0 amide bonds. The maximum absolute atomic E-state index is 13.1. The number of halogens is 2. The van der Waals surface area contributed by atoms with E-state index in [1.165, 1.54) is 6.07 Å². The summed E-state index contributed by atoms with van der Waals surface area (Å²) in [5.74, 6) is -0.287. The first kappa shape index (κ1) is 12.3. The van der Waals surface area contributed by atoms with Gasteiger partial charge < -0.3 is 5.73 Å². The van der Waals surface area contributed by atoms with E-state index in [0.717, 1.165) is 17.7 Å². The normalized spacial score (nSPS) is 12.7. The fourth-order valence-corrected chi connectivity index (χ4v) is 2.01. The second kappa shape index (κ2) is 4.98. The molecule has 5 heteroatoms. The van der Waals surface area contributed by atoms with Crippen molar-refractivity contribution in [3.05, 3.63) is 52.0 Å². The number of nitrogens with zero attached hydrogens (tertiary/aromatic N) is 2. The van der Waals surface area contributed by atoms with Gasteiger partial charge in [0.1, 0.15) is 5.82 Å². The molecule has 17 heavy (non-hydrogen) atoms. The molecule has 0 spiro atoms. The molecule has 0 saturated carbocycles. The van der Waals surface area contributed by atoms with Crippen LogP contribution in [0.4, 0.5) is 4.39 Å². The Balaban J connectivity index is 2.29. The first-order chi connectivity index (χ1) is 8.11. The minimum atomic E-state index is -0.287. The number of aryl methyl sites for hydroxylation is 1. The van der Waals surface area contributed by atoms with Crippen molar-refractivity contribution in [2.75, 3.05) is 0 Å². The van der Waals surface area contributed by atoms with E-state index < -0.39 is 0 Å². The molecule has 1 aromatic heterocycles. The second-order valence-corrected chi connectivity index (χ2v) is 4.63. The van der Waals surface area contributed by atoms with Crippen LogP contribution in [0.2, 0.25) is 0 Å². The van der Waals surface area contributed by atoms with E-state index in [9.17, 15) is 4.39 Å². The highest BCUT2D eigenvalue weighted by Crippen LogP contribution is 2.24. The predicted octanol–water partition coefficient (Wildman–Crippen LogP) is 2.85. The van der Waals surface area contributed by atoms with Gasteiger partial charge >= 0.3 is 0 Å². The largest absolute Gasteiger partial charge is 0.320 e. The molecule has 0 radical (unpaired) electrons. The van der Waals surface area contributed by atoms with Crippen LogP contribution in [-0.2, 0) is 6.54 Å². The summed E-state index contributed by atoms with van der Waals surface area (Å²) in [6.45, 7) is 2.82. The van der Waals surface area contributed by atoms with Crippen molar-refractivity contribution in [3.8, 4) is 0 Å². The quantitative estimate of drug-likeness (QED) is 0.947. The lowest BCUT2D eigenvalue weighted by atomic mass is 10.0. The molecule has 0 aliphatic carbocycles. The van der Waals surface area contributed by atoms with Crippen LogP contribution >= 0.6 is 15.9 Å². The number of hydrogen-bond acceptors (Lipinski definition) is 2. The van der Waals surface area contributed by atoms with Gasteiger partial charge in [-0.15, -0.1) is 0 Å². The molecule has 1 aromatic carbocycles. The van der Waals surface area contributed by atoms with Gasteiger partial charge in [0.2, 0.25) is 0 Å². The maximum atomic E-state index is 13.1. The fraction of sp³-hybridized carbons (Fsp3) is 0.250. The van der Waals surface area contributed by atoms with Gasteiger partial charge in [-0.1, -0.05) is 6.07 Å². The van der Waals surface area contributed by atoms with E-state index in [2.05, 4.69) is 21.0 Å². The Hall–Kier alpha value is -1.20. The van der Waals surface area contributed by atoms with Crippen molar-refractivity contribution in [1.29, 1.82) is 0 Å². The molecule has 1 heterocycles. The third-order valence-electron chi connectivity index (χ3n) is 2.64. The fourth-order valence-electron chi connectivity index (χ4n) is 1.61. The van der Waals surface area contributed by atoms with Gasteiger partial charge in [-0.25, -0.2) is 4.39 Å². The van der Waals surface area contributed by atoms with Gasteiger partial charge in [-0.3, -0.25) is 4.68 Å². The summed E-state index contributed by atoms with van der Waals surface area (Å²) in [5, 5.41) is 4.17. The first-order valence-electron chi connectivity index (χ1n) is 5.34. The van der Waals surface area contributed by atoms with Gasteiger partial charge in [-0.2, -0.15) is 5.10 Å². The van der Waals surface area contributed by atoms with Crippen LogP contribution in [-0.4, -0.2) is 9.78 Å². The van der Waals surface area contributed by atoms with Crippen molar-refractivity contribution in [3.63, 3.8) is 0 Å². The zero-order valence-corrected chi connectivity index (χ0v) is 11.0. The van der Waals surface area contributed by atoms with Gasteiger partial charge in [0, 0.05) is 18.3 Å². The molecule has 2 aromatic rings. The molecule has 90 valence electrons. The molecule has 0 aliphatic rings. The summed E-state index contributed by atoms with van der Waals surface area (Å²) in [4.78, 5) is 0. The standard InChI is InChI=1S/C12H13BrFN3/c1-2-17-7-9(6-16-17)12(15)8-3-4-11(14)10(13)5-8/h3-7,12H,2,15H2,1H3. The van der Waals surface area contributed by atoms with E-state index in [-0.39, 0.29) is 11.9 Å². The molecule has 1 unspecified atom stereocenters. The molecule has 0 aliphatic heterocycles. The van der Waals surface area contributed by atoms with Gasteiger partial charge in [0.05, 0.1) is 16.7 Å². The average molecular weight is 298 g/mol. The summed E-state index contributed by atoms with van der Waals surface area (Å²) in [7, 11) is 0. The van der Waals surface area contributed by atoms with Crippen LogP contribution in [0.3, 0.4) is 0 Å². The Bertz CT molecular complexity index is 524. The van der Waals surface area contributed by atoms with Crippen molar-refractivity contribution >= 4 is 15.9 Å². The summed E-state index contributed by atoms with van der Waals surface area (Å²) >= 11 is 3.15. The lowest BCUT2D eigenvalue weighted by Crippen LogP contribution is -2.11. The minimum Gasteiger partial charge on any atom is -0.320 e. The van der Waals surface area contributed by atoms with Crippen LogP contribution in [0.15, 0.2) is 35.1 Å². The molecule has 2 N–H and O–H groups in total. The number of benzene rings is 1. The highest BCUT2D eigenvalue weighted by Gasteiger charge is 2.12. The van der Waals surface area contributed by atoms with E-state index in [1.807, 2.05) is 17.8 Å². The molecular weight excluding hydrogens is 285 g/mol. The van der Waals surface area contributed by atoms with Crippen LogP contribution in [0.25, 0.3) is 0 Å². The molecular formula is C12H13BrFN3. The number of rotatable bonds is 3. The monoisotopic (exact) mass is 297 g/mol. The summed E-state index contributed by atoms with van der Waals surface area (Å²) < 4.78 is 15.4. The predicted molar refractivity (Wildman–Crippen MR) is 68.0 cm³/mol. The Morgan fingerprint density at radius 1 is 1.47 bits per heavy atom. The molecule has 0 saturated heterocycles. The summed E-state index contributed by atoms with van der Waals surface area (Å²) in [6, 6.07) is 4.51.